The second kappa shape index (κ2) is 6.30. The summed E-state index contributed by atoms with van der Waals surface area (Å²) in [7, 11) is 3.18. The van der Waals surface area contributed by atoms with Crippen molar-refractivity contribution in [3.63, 3.8) is 0 Å². The Balaban J connectivity index is 2.14. The van der Waals surface area contributed by atoms with E-state index in [1.165, 1.54) is 0 Å². The van der Waals surface area contributed by atoms with Gasteiger partial charge in [0.05, 0.1) is 26.4 Å². The molecule has 0 bridgehead atoms. The molecular formula is C18H18O5. The van der Waals surface area contributed by atoms with Crippen LogP contribution in [0, 0.1) is 0 Å². The normalized spacial score (nSPS) is 16.5. The van der Waals surface area contributed by atoms with E-state index >= 15 is 0 Å². The Kier molecular flexibility index (Phi) is 4.21. The number of aromatic carboxylic acids is 1. The van der Waals surface area contributed by atoms with E-state index in [-0.39, 0.29) is 5.56 Å². The molecule has 1 unspecified atom stereocenters. The summed E-state index contributed by atoms with van der Waals surface area (Å²) in [6.07, 6.45) is 0.326. The van der Waals surface area contributed by atoms with Gasteiger partial charge in [0, 0.05) is 0 Å². The number of hydrogen-bond donors (Lipinski definition) is 1. The first-order valence-electron chi connectivity index (χ1n) is 7.34. The molecule has 5 nitrogen and oxygen atoms in total. The maximum absolute atomic E-state index is 11.5. The maximum Gasteiger partial charge on any atom is 0.336 e. The van der Waals surface area contributed by atoms with Crippen LogP contribution in [0.1, 0.15) is 33.2 Å². The fourth-order valence-electron chi connectivity index (χ4n) is 2.95. The Morgan fingerprint density at radius 3 is 2.52 bits per heavy atom. The Labute approximate surface area is 134 Å². The molecule has 5 heteroatoms. The summed E-state index contributed by atoms with van der Waals surface area (Å²) in [4.78, 5) is 11.5. The summed E-state index contributed by atoms with van der Waals surface area (Å²) in [6, 6.07) is 10.7. The predicted molar refractivity (Wildman–Crippen MR) is 84.4 cm³/mol. The highest BCUT2D eigenvalue weighted by Crippen LogP contribution is 2.40. The number of carboxylic acids is 1. The quantitative estimate of drug-likeness (QED) is 0.939. The predicted octanol–water partition coefficient (Wildman–Crippen LogP) is 3.06. The Morgan fingerprint density at radius 1 is 1.13 bits per heavy atom. The average molecular weight is 314 g/mol. The first-order valence-corrected chi connectivity index (χ1v) is 7.34. The number of ether oxygens (including phenoxy) is 3. The van der Waals surface area contributed by atoms with Crippen molar-refractivity contribution in [1.82, 2.24) is 0 Å². The lowest BCUT2D eigenvalue weighted by atomic mass is 9.90. The molecule has 0 amide bonds. The van der Waals surface area contributed by atoms with Crippen LogP contribution in [-0.4, -0.2) is 31.9 Å². The lowest BCUT2D eigenvalue weighted by Crippen LogP contribution is -2.20. The minimum absolute atomic E-state index is 0.250. The van der Waals surface area contributed by atoms with Crippen molar-refractivity contribution in [1.29, 1.82) is 0 Å². The third kappa shape index (κ3) is 2.75. The molecule has 1 aliphatic heterocycles. The fourth-order valence-corrected chi connectivity index (χ4v) is 2.95. The third-order valence-corrected chi connectivity index (χ3v) is 4.06. The first-order chi connectivity index (χ1) is 11.2. The fraction of sp³-hybridized carbons (Fsp3) is 0.278. The molecule has 1 heterocycles. The molecule has 2 aromatic carbocycles. The number of methoxy groups -OCH3 is 2. The molecule has 1 N–H and O–H groups in total. The van der Waals surface area contributed by atoms with Crippen molar-refractivity contribution in [2.24, 2.45) is 0 Å². The van der Waals surface area contributed by atoms with Gasteiger partial charge in [0.2, 0.25) is 0 Å². The second-order valence-corrected chi connectivity index (χ2v) is 5.30. The molecule has 0 aliphatic carbocycles. The van der Waals surface area contributed by atoms with E-state index in [0.29, 0.717) is 23.7 Å². The third-order valence-electron chi connectivity index (χ3n) is 4.06. The van der Waals surface area contributed by atoms with E-state index < -0.39 is 12.1 Å². The highest BCUT2D eigenvalue weighted by molar-refractivity contribution is 5.89. The topological polar surface area (TPSA) is 65.0 Å². The van der Waals surface area contributed by atoms with Crippen molar-refractivity contribution in [3.8, 4) is 11.5 Å². The summed E-state index contributed by atoms with van der Waals surface area (Å²) < 4.78 is 16.6. The van der Waals surface area contributed by atoms with Crippen LogP contribution >= 0.6 is 0 Å². The minimum atomic E-state index is -0.961. The van der Waals surface area contributed by atoms with Gasteiger partial charge in [-0.1, -0.05) is 18.2 Å². The van der Waals surface area contributed by atoms with Crippen LogP contribution in [0.15, 0.2) is 36.4 Å². The Hall–Kier alpha value is -2.53. The monoisotopic (exact) mass is 314 g/mol. The van der Waals surface area contributed by atoms with E-state index in [9.17, 15) is 9.90 Å². The van der Waals surface area contributed by atoms with Gasteiger partial charge in [0.25, 0.3) is 0 Å². The van der Waals surface area contributed by atoms with Gasteiger partial charge in [-0.25, -0.2) is 4.79 Å². The van der Waals surface area contributed by atoms with Gasteiger partial charge >= 0.3 is 5.97 Å². The smallest absolute Gasteiger partial charge is 0.336 e. The standard InChI is InChI=1S/C18H18O5/c1-21-15-9-11-7-8-23-17(14(11)10-16(15)22-2)12-5-3-4-6-13(12)18(19)20/h3-6,9-10,17H,7-8H2,1-2H3,(H,19,20). The zero-order valence-corrected chi connectivity index (χ0v) is 13.0. The van der Waals surface area contributed by atoms with Crippen molar-refractivity contribution in [2.45, 2.75) is 12.5 Å². The average Bonchev–Trinajstić information content (AvgIpc) is 2.59. The number of rotatable bonds is 4. The largest absolute Gasteiger partial charge is 0.493 e. The molecule has 0 spiro atoms. The van der Waals surface area contributed by atoms with Gasteiger partial charge in [-0.15, -0.1) is 0 Å². The molecule has 1 atom stereocenters. The van der Waals surface area contributed by atoms with E-state index in [2.05, 4.69) is 0 Å². The molecule has 3 rings (SSSR count). The number of benzene rings is 2. The molecule has 120 valence electrons. The van der Waals surface area contributed by atoms with Gasteiger partial charge in [-0.2, -0.15) is 0 Å². The first kappa shape index (κ1) is 15.4. The number of hydrogen-bond acceptors (Lipinski definition) is 4. The van der Waals surface area contributed by atoms with E-state index in [0.717, 1.165) is 17.5 Å². The van der Waals surface area contributed by atoms with Crippen LogP contribution in [0.25, 0.3) is 0 Å². The zero-order valence-electron chi connectivity index (χ0n) is 13.0. The van der Waals surface area contributed by atoms with Crippen molar-refractivity contribution in [3.05, 3.63) is 58.7 Å². The van der Waals surface area contributed by atoms with Crippen molar-refractivity contribution >= 4 is 5.97 Å². The Bertz CT molecular complexity index is 738. The molecule has 2 aromatic rings. The zero-order chi connectivity index (χ0) is 16.4. The van der Waals surface area contributed by atoms with Gasteiger partial charge in [0.15, 0.2) is 11.5 Å². The van der Waals surface area contributed by atoms with Gasteiger partial charge in [-0.3, -0.25) is 0 Å². The molecule has 23 heavy (non-hydrogen) atoms. The SMILES string of the molecule is COc1cc2c(cc1OC)C(c1ccccc1C(=O)O)OCC2. The van der Waals surface area contributed by atoms with E-state index in [1.54, 1.807) is 32.4 Å². The molecule has 0 saturated heterocycles. The summed E-state index contributed by atoms with van der Waals surface area (Å²) in [5, 5.41) is 9.43. The van der Waals surface area contributed by atoms with E-state index in [1.807, 2.05) is 18.2 Å². The van der Waals surface area contributed by atoms with Gasteiger partial charge in [0.1, 0.15) is 6.10 Å². The van der Waals surface area contributed by atoms with Crippen LogP contribution < -0.4 is 9.47 Å². The Morgan fingerprint density at radius 2 is 1.83 bits per heavy atom. The van der Waals surface area contributed by atoms with Crippen LogP contribution in [0.3, 0.4) is 0 Å². The molecule has 0 aromatic heterocycles. The molecule has 0 fully saturated rings. The lowest BCUT2D eigenvalue weighted by molar-refractivity contribution is 0.0620. The highest BCUT2D eigenvalue weighted by atomic mass is 16.5. The van der Waals surface area contributed by atoms with Crippen molar-refractivity contribution < 1.29 is 24.1 Å². The van der Waals surface area contributed by atoms with Crippen LogP contribution in [0.4, 0.5) is 0 Å². The number of carbonyl (C=O) groups is 1. The summed E-state index contributed by atoms with van der Waals surface area (Å²) >= 11 is 0. The van der Waals surface area contributed by atoms with Crippen LogP contribution in [-0.2, 0) is 11.2 Å². The summed E-state index contributed by atoms with van der Waals surface area (Å²) in [5.74, 6) is 0.310. The number of carboxylic acid groups (broad SMARTS) is 1. The number of fused-ring (bicyclic) bond motifs is 1. The summed E-state index contributed by atoms with van der Waals surface area (Å²) in [5.41, 5.74) is 2.90. The maximum atomic E-state index is 11.5. The molecular weight excluding hydrogens is 296 g/mol. The minimum Gasteiger partial charge on any atom is -0.493 e. The van der Waals surface area contributed by atoms with Gasteiger partial charge < -0.3 is 19.3 Å². The lowest BCUT2D eigenvalue weighted by Gasteiger charge is -2.28. The summed E-state index contributed by atoms with van der Waals surface area (Å²) in [6.45, 7) is 0.529. The van der Waals surface area contributed by atoms with Gasteiger partial charge in [-0.05, 0) is 41.3 Å². The van der Waals surface area contributed by atoms with E-state index in [4.69, 9.17) is 14.2 Å². The molecule has 0 radical (unpaired) electrons. The van der Waals surface area contributed by atoms with Crippen LogP contribution in [0.5, 0.6) is 11.5 Å². The van der Waals surface area contributed by atoms with Crippen LogP contribution in [0.2, 0.25) is 0 Å². The highest BCUT2D eigenvalue weighted by Gasteiger charge is 2.28. The molecule has 0 saturated carbocycles. The van der Waals surface area contributed by atoms with Crippen molar-refractivity contribution in [2.75, 3.05) is 20.8 Å². The molecule has 1 aliphatic rings. The second-order valence-electron chi connectivity index (χ2n) is 5.30.